The predicted octanol–water partition coefficient (Wildman–Crippen LogP) is 3.58. The molecule has 0 bridgehead atoms. The van der Waals surface area contributed by atoms with E-state index >= 15 is 4.39 Å². The zero-order valence-electron chi connectivity index (χ0n) is 18.9. The van der Waals surface area contributed by atoms with Crippen molar-refractivity contribution in [1.82, 2.24) is 4.57 Å². The molecule has 8 heteroatoms. The third-order valence-electron chi connectivity index (χ3n) is 7.57. The first-order valence-electron chi connectivity index (χ1n) is 11.7. The largest absolute Gasteiger partial charge is 0.454 e. The lowest BCUT2D eigenvalue weighted by atomic mass is 9.94. The maximum atomic E-state index is 15.2. The van der Waals surface area contributed by atoms with E-state index in [9.17, 15) is 15.0 Å². The number of carbonyl (C=O) groups is 1. The number of amides is 1. The maximum absolute atomic E-state index is 15.2. The predicted molar refractivity (Wildman–Crippen MR) is 124 cm³/mol. The molecule has 3 aromatic rings. The second kappa shape index (κ2) is 7.45. The Bertz CT molecular complexity index is 1310. The van der Waals surface area contributed by atoms with E-state index in [4.69, 9.17) is 9.47 Å². The summed E-state index contributed by atoms with van der Waals surface area (Å²) in [4.78, 5) is 13.3. The van der Waals surface area contributed by atoms with E-state index in [-0.39, 0.29) is 37.0 Å². The quantitative estimate of drug-likeness (QED) is 0.495. The number of carbonyl (C=O) groups excluding carboxylic acids is 1. The van der Waals surface area contributed by atoms with Crippen LogP contribution in [0.15, 0.2) is 36.4 Å². The van der Waals surface area contributed by atoms with Crippen LogP contribution in [0, 0.1) is 5.82 Å². The molecule has 34 heavy (non-hydrogen) atoms. The van der Waals surface area contributed by atoms with Crippen molar-refractivity contribution in [3.8, 4) is 11.5 Å². The van der Waals surface area contributed by atoms with Gasteiger partial charge in [0, 0.05) is 22.6 Å². The van der Waals surface area contributed by atoms with E-state index < -0.39 is 17.3 Å². The Morgan fingerprint density at radius 3 is 2.62 bits per heavy atom. The third kappa shape index (κ3) is 3.35. The van der Waals surface area contributed by atoms with Gasteiger partial charge in [-0.2, -0.15) is 0 Å². The van der Waals surface area contributed by atoms with E-state index in [0.717, 1.165) is 29.5 Å². The summed E-state index contributed by atoms with van der Waals surface area (Å²) in [5, 5.41) is 23.0. The van der Waals surface area contributed by atoms with Gasteiger partial charge in [-0.1, -0.05) is 13.0 Å². The zero-order chi connectivity index (χ0) is 23.7. The van der Waals surface area contributed by atoms with Crippen LogP contribution in [0.2, 0.25) is 0 Å². The Labute approximate surface area is 196 Å². The van der Waals surface area contributed by atoms with Gasteiger partial charge in [0.1, 0.15) is 5.82 Å². The second-order valence-electron chi connectivity index (χ2n) is 10.0. The van der Waals surface area contributed by atoms with Crippen LogP contribution >= 0.6 is 0 Å². The topological polar surface area (TPSA) is 93.0 Å². The number of fused-ring (bicyclic) bond motifs is 2. The summed E-state index contributed by atoms with van der Waals surface area (Å²) in [5.74, 6) is 0.505. The number of anilines is 1. The molecule has 1 aromatic heterocycles. The first kappa shape index (κ1) is 21.4. The summed E-state index contributed by atoms with van der Waals surface area (Å²) < 4.78 is 27.9. The molecular weight excluding hydrogens is 439 g/mol. The van der Waals surface area contributed by atoms with Crippen LogP contribution in [0.4, 0.5) is 10.1 Å². The highest BCUT2D eigenvalue weighted by atomic mass is 19.1. The lowest BCUT2D eigenvalue weighted by Gasteiger charge is -2.18. The highest BCUT2D eigenvalue weighted by Gasteiger charge is 2.52. The molecule has 1 amide bonds. The molecule has 6 rings (SSSR count). The van der Waals surface area contributed by atoms with Gasteiger partial charge >= 0.3 is 0 Å². The van der Waals surface area contributed by atoms with Crippen molar-refractivity contribution < 1.29 is 28.9 Å². The van der Waals surface area contributed by atoms with E-state index in [0.29, 0.717) is 29.9 Å². The number of rotatable bonds is 7. The second-order valence-corrected chi connectivity index (χ2v) is 10.0. The van der Waals surface area contributed by atoms with Crippen LogP contribution in [-0.2, 0) is 22.2 Å². The lowest BCUT2D eigenvalue weighted by Crippen LogP contribution is -2.28. The number of nitrogens with one attached hydrogen (secondary N) is 1. The van der Waals surface area contributed by atoms with Crippen molar-refractivity contribution >= 4 is 22.5 Å². The molecule has 0 radical (unpaired) electrons. The minimum atomic E-state index is -0.935. The van der Waals surface area contributed by atoms with Gasteiger partial charge in [-0.15, -0.1) is 0 Å². The minimum Gasteiger partial charge on any atom is -0.454 e. The Morgan fingerprint density at radius 1 is 1.15 bits per heavy atom. The van der Waals surface area contributed by atoms with Gasteiger partial charge in [0.25, 0.3) is 0 Å². The Balaban J connectivity index is 1.32. The summed E-state index contributed by atoms with van der Waals surface area (Å²) in [6.45, 7) is 2.13. The first-order valence-corrected chi connectivity index (χ1v) is 11.7. The maximum Gasteiger partial charge on any atom is 0.235 e. The summed E-state index contributed by atoms with van der Waals surface area (Å²) in [5.41, 5.74) is 1.90. The minimum absolute atomic E-state index is 0.0223. The van der Waals surface area contributed by atoms with Gasteiger partial charge in [-0.05, 0) is 55.5 Å². The first-order chi connectivity index (χ1) is 16.3. The highest BCUT2D eigenvalue weighted by Crippen LogP contribution is 2.52. The van der Waals surface area contributed by atoms with Crippen molar-refractivity contribution in [3.05, 3.63) is 53.5 Å². The average molecular weight is 467 g/mol. The number of nitrogens with zero attached hydrogens (tertiary/aromatic N) is 1. The molecule has 2 heterocycles. The molecule has 3 aliphatic rings. The van der Waals surface area contributed by atoms with Crippen LogP contribution in [0.1, 0.15) is 43.9 Å². The molecule has 0 saturated heterocycles. The molecular formula is C26H27FN2O5. The average Bonchev–Trinajstić information content (AvgIpc) is 3.71. The number of aliphatic hydroxyl groups excluding tert-OH is 2. The van der Waals surface area contributed by atoms with Crippen molar-refractivity contribution in [2.75, 3.05) is 18.7 Å². The third-order valence-corrected chi connectivity index (χ3v) is 7.57. The lowest BCUT2D eigenvalue weighted by molar-refractivity contribution is -0.118. The van der Waals surface area contributed by atoms with Crippen LogP contribution < -0.4 is 14.8 Å². The molecule has 178 valence electrons. The number of aromatic nitrogens is 1. The van der Waals surface area contributed by atoms with E-state index in [2.05, 4.69) is 12.2 Å². The van der Waals surface area contributed by atoms with Gasteiger partial charge in [-0.3, -0.25) is 4.79 Å². The van der Waals surface area contributed by atoms with Gasteiger partial charge in [0.05, 0.1) is 35.9 Å². The summed E-state index contributed by atoms with van der Waals surface area (Å²) in [7, 11) is 0. The molecule has 2 aliphatic carbocycles. The SMILES string of the molecule is CC1(c2cc3cc(NC(=O)C4(c5ccc6c(c5)OCO6)CC4)c(F)cc3n2C[C@@H](O)CO)CC1. The molecule has 1 atom stereocenters. The van der Waals surface area contributed by atoms with Gasteiger partial charge < -0.3 is 29.6 Å². The summed E-state index contributed by atoms with van der Waals surface area (Å²) in [6.07, 6.45) is 2.46. The molecule has 7 nitrogen and oxygen atoms in total. The van der Waals surface area contributed by atoms with Crippen LogP contribution in [0.3, 0.4) is 0 Å². The van der Waals surface area contributed by atoms with E-state index in [1.54, 1.807) is 12.1 Å². The summed E-state index contributed by atoms with van der Waals surface area (Å²) in [6, 6.07) is 10.6. The van der Waals surface area contributed by atoms with Crippen molar-refractivity contribution in [2.45, 2.75) is 56.1 Å². The zero-order valence-corrected chi connectivity index (χ0v) is 18.9. The number of hydrogen-bond acceptors (Lipinski definition) is 5. The van der Waals surface area contributed by atoms with Crippen LogP contribution in [0.5, 0.6) is 11.5 Å². The van der Waals surface area contributed by atoms with E-state index in [1.807, 2.05) is 22.8 Å². The molecule has 2 aromatic carbocycles. The fourth-order valence-electron chi connectivity index (χ4n) is 5.00. The van der Waals surface area contributed by atoms with Crippen molar-refractivity contribution in [2.24, 2.45) is 0 Å². The van der Waals surface area contributed by atoms with Crippen molar-refractivity contribution in [1.29, 1.82) is 0 Å². The van der Waals surface area contributed by atoms with E-state index in [1.165, 1.54) is 6.07 Å². The number of hydrogen-bond donors (Lipinski definition) is 3. The standard InChI is InChI=1S/C26H27FN2O5/c1-25(4-5-25)23-9-15-8-19(18(27)11-20(15)29(23)12-17(31)13-30)28-24(32)26(6-7-26)16-2-3-21-22(10-16)34-14-33-21/h2-3,8-11,17,30-31H,4-7,12-14H2,1H3,(H,28,32)/t17-/m1/s1. The van der Waals surface area contributed by atoms with Crippen LogP contribution in [-0.4, -0.2) is 40.2 Å². The Morgan fingerprint density at radius 2 is 1.91 bits per heavy atom. The Kier molecular flexibility index (Phi) is 4.70. The summed E-state index contributed by atoms with van der Waals surface area (Å²) >= 11 is 0. The number of benzene rings is 2. The monoisotopic (exact) mass is 466 g/mol. The Hall–Kier alpha value is -3.10. The molecule has 0 spiro atoms. The highest BCUT2D eigenvalue weighted by molar-refractivity contribution is 6.03. The smallest absolute Gasteiger partial charge is 0.235 e. The number of halogens is 1. The number of ether oxygens (including phenoxy) is 2. The molecule has 1 aliphatic heterocycles. The normalized spacial score (nSPS) is 19.8. The van der Waals surface area contributed by atoms with Gasteiger partial charge in [0.2, 0.25) is 12.7 Å². The number of aliphatic hydroxyl groups is 2. The van der Waals surface area contributed by atoms with Crippen molar-refractivity contribution in [3.63, 3.8) is 0 Å². The van der Waals surface area contributed by atoms with Gasteiger partial charge in [-0.25, -0.2) is 4.39 Å². The van der Waals surface area contributed by atoms with Crippen LogP contribution in [0.25, 0.3) is 10.9 Å². The fourth-order valence-corrected chi connectivity index (χ4v) is 5.00. The van der Waals surface area contributed by atoms with Gasteiger partial charge in [0.15, 0.2) is 11.5 Å². The molecule has 2 saturated carbocycles. The molecule has 0 unspecified atom stereocenters. The molecule has 2 fully saturated rings. The molecule has 3 N–H and O–H groups in total. The fraction of sp³-hybridized carbons (Fsp3) is 0.423.